The van der Waals surface area contributed by atoms with Crippen LogP contribution in [0.4, 0.5) is 11.6 Å². The summed E-state index contributed by atoms with van der Waals surface area (Å²) in [5.74, 6) is 0.526. The minimum absolute atomic E-state index is 0.115. The van der Waals surface area contributed by atoms with E-state index in [4.69, 9.17) is 5.11 Å². The summed E-state index contributed by atoms with van der Waals surface area (Å²) in [6.45, 7) is 2.01. The minimum Gasteiger partial charge on any atom is -0.481 e. The molecule has 0 amide bonds. The van der Waals surface area contributed by atoms with Gasteiger partial charge in [0, 0.05) is 25.7 Å². The van der Waals surface area contributed by atoms with Crippen LogP contribution in [0.25, 0.3) is 0 Å². The predicted molar refractivity (Wildman–Crippen MR) is 77.4 cm³/mol. The Morgan fingerprint density at radius 2 is 2.05 bits per heavy atom. The summed E-state index contributed by atoms with van der Waals surface area (Å²) >= 11 is 0. The molecule has 3 heterocycles. The van der Waals surface area contributed by atoms with Gasteiger partial charge in [-0.15, -0.1) is 0 Å². The highest BCUT2D eigenvalue weighted by atomic mass is 16.4. The zero-order valence-electron chi connectivity index (χ0n) is 11.9. The average Bonchev–Trinajstić information content (AvgIpc) is 2.45. The summed E-state index contributed by atoms with van der Waals surface area (Å²) in [6, 6.07) is 2.01. The van der Waals surface area contributed by atoms with E-state index < -0.39 is 5.97 Å². The van der Waals surface area contributed by atoms with Crippen LogP contribution in [0.5, 0.6) is 0 Å². The third-order valence-corrected chi connectivity index (χ3v) is 4.33. The van der Waals surface area contributed by atoms with E-state index in [0.717, 1.165) is 37.4 Å². The summed E-state index contributed by atoms with van der Waals surface area (Å²) in [5.41, 5.74) is 0. The molecule has 0 bridgehead atoms. The number of hydrogen-bond acceptors (Lipinski definition) is 6. The molecule has 1 aromatic rings. The first-order valence-corrected chi connectivity index (χ1v) is 7.36. The summed E-state index contributed by atoms with van der Waals surface area (Å²) in [4.78, 5) is 23.5. The fourth-order valence-electron chi connectivity index (χ4n) is 2.98. The second kappa shape index (κ2) is 5.85. The van der Waals surface area contributed by atoms with Crippen molar-refractivity contribution in [2.75, 3.05) is 36.0 Å². The number of aliphatic hydroxyl groups excluding tert-OH is 1. The van der Waals surface area contributed by atoms with Crippen LogP contribution in [-0.2, 0) is 4.79 Å². The lowest BCUT2D eigenvalue weighted by molar-refractivity contribution is -0.142. The van der Waals surface area contributed by atoms with Crippen molar-refractivity contribution < 1.29 is 15.0 Å². The molecule has 1 atom stereocenters. The molecule has 2 fully saturated rings. The molecular formula is C14H20N4O3. The molecule has 3 rings (SSSR count). The minimum atomic E-state index is -0.753. The van der Waals surface area contributed by atoms with Crippen LogP contribution < -0.4 is 9.80 Å². The lowest BCUT2D eigenvalue weighted by Crippen LogP contribution is -2.51. The highest BCUT2D eigenvalue weighted by Crippen LogP contribution is 2.28. The van der Waals surface area contributed by atoms with E-state index in [-0.39, 0.29) is 18.6 Å². The number of carbonyl (C=O) groups is 1. The summed E-state index contributed by atoms with van der Waals surface area (Å²) in [5, 5.41) is 18.4. The number of aliphatic hydroxyl groups is 1. The molecule has 2 aliphatic rings. The number of piperidine rings is 1. The zero-order valence-corrected chi connectivity index (χ0v) is 11.9. The van der Waals surface area contributed by atoms with Gasteiger partial charge in [0.05, 0.1) is 18.6 Å². The fourth-order valence-corrected chi connectivity index (χ4v) is 2.98. The second-order valence-electron chi connectivity index (χ2n) is 5.70. The van der Waals surface area contributed by atoms with Gasteiger partial charge in [-0.25, -0.2) is 9.97 Å². The van der Waals surface area contributed by atoms with E-state index in [9.17, 15) is 9.90 Å². The Balaban J connectivity index is 1.73. The van der Waals surface area contributed by atoms with Gasteiger partial charge in [0.25, 0.3) is 0 Å². The van der Waals surface area contributed by atoms with Gasteiger partial charge >= 0.3 is 5.97 Å². The Hall–Kier alpha value is -1.89. The summed E-state index contributed by atoms with van der Waals surface area (Å²) in [6.07, 6.45) is 4.72. The molecule has 114 valence electrons. The number of hydrogen-bond donors (Lipinski definition) is 2. The van der Waals surface area contributed by atoms with Crippen LogP contribution >= 0.6 is 0 Å². The molecule has 2 saturated heterocycles. The third kappa shape index (κ3) is 2.78. The summed E-state index contributed by atoms with van der Waals surface area (Å²) < 4.78 is 0. The molecule has 2 N–H and O–H groups in total. The highest BCUT2D eigenvalue weighted by Gasteiger charge is 2.34. The molecule has 7 heteroatoms. The lowest BCUT2D eigenvalue weighted by atomic mass is 10.0. The van der Waals surface area contributed by atoms with E-state index in [2.05, 4.69) is 14.9 Å². The van der Waals surface area contributed by atoms with Gasteiger partial charge in [0.1, 0.15) is 18.0 Å². The molecule has 0 aliphatic carbocycles. The topological polar surface area (TPSA) is 89.8 Å². The molecule has 0 saturated carbocycles. The summed E-state index contributed by atoms with van der Waals surface area (Å²) in [7, 11) is 0. The molecule has 1 aromatic heterocycles. The number of aromatic nitrogens is 2. The van der Waals surface area contributed by atoms with Gasteiger partial charge < -0.3 is 20.0 Å². The quantitative estimate of drug-likeness (QED) is 0.827. The maximum Gasteiger partial charge on any atom is 0.310 e. The highest BCUT2D eigenvalue weighted by molar-refractivity contribution is 5.74. The Morgan fingerprint density at radius 3 is 2.76 bits per heavy atom. The van der Waals surface area contributed by atoms with E-state index in [1.165, 1.54) is 6.33 Å². The Morgan fingerprint density at radius 1 is 1.29 bits per heavy atom. The number of rotatable bonds is 4. The van der Waals surface area contributed by atoms with Gasteiger partial charge in [-0.3, -0.25) is 4.79 Å². The third-order valence-electron chi connectivity index (χ3n) is 4.33. The van der Waals surface area contributed by atoms with E-state index in [0.29, 0.717) is 13.1 Å². The second-order valence-corrected chi connectivity index (χ2v) is 5.70. The molecule has 21 heavy (non-hydrogen) atoms. The normalized spacial score (nSPS) is 23.0. The predicted octanol–water partition coefficient (Wildman–Crippen LogP) is 0.349. The van der Waals surface area contributed by atoms with Gasteiger partial charge in [-0.1, -0.05) is 0 Å². The number of carboxylic acid groups (broad SMARTS) is 1. The van der Waals surface area contributed by atoms with Crippen LogP contribution in [0.15, 0.2) is 12.4 Å². The molecule has 1 unspecified atom stereocenters. The van der Waals surface area contributed by atoms with Crippen LogP contribution in [0.3, 0.4) is 0 Å². The Kier molecular flexibility index (Phi) is 3.92. The largest absolute Gasteiger partial charge is 0.481 e. The number of anilines is 2. The fraction of sp³-hybridized carbons (Fsp3) is 0.643. The van der Waals surface area contributed by atoms with Gasteiger partial charge in [0.2, 0.25) is 0 Å². The molecule has 0 aromatic carbocycles. The first-order chi connectivity index (χ1) is 10.2. The Labute approximate surface area is 123 Å². The molecule has 0 spiro atoms. The molecule has 7 nitrogen and oxygen atoms in total. The van der Waals surface area contributed by atoms with E-state index in [1.54, 1.807) is 0 Å². The maximum atomic E-state index is 10.9. The van der Waals surface area contributed by atoms with Gasteiger partial charge in [-0.05, 0) is 19.3 Å². The van der Waals surface area contributed by atoms with E-state index in [1.807, 2.05) is 11.0 Å². The number of carboxylic acids is 1. The number of aliphatic carboxylic acids is 1. The van der Waals surface area contributed by atoms with Crippen molar-refractivity contribution in [2.24, 2.45) is 5.92 Å². The van der Waals surface area contributed by atoms with Gasteiger partial charge in [0.15, 0.2) is 0 Å². The number of nitrogens with zero attached hydrogens (tertiary/aromatic N) is 4. The van der Waals surface area contributed by atoms with Crippen molar-refractivity contribution in [1.29, 1.82) is 0 Å². The zero-order chi connectivity index (χ0) is 14.8. The molecule has 2 aliphatic heterocycles. The van der Waals surface area contributed by atoms with Crippen molar-refractivity contribution in [3.63, 3.8) is 0 Å². The average molecular weight is 292 g/mol. The SMILES string of the molecule is O=C(O)C1CN(c2cc(N3CCCCC3CO)ncn2)C1. The van der Waals surface area contributed by atoms with Gasteiger partial charge in [-0.2, -0.15) is 0 Å². The van der Waals surface area contributed by atoms with Crippen molar-refractivity contribution in [3.05, 3.63) is 12.4 Å². The van der Waals surface area contributed by atoms with E-state index >= 15 is 0 Å². The van der Waals surface area contributed by atoms with Crippen molar-refractivity contribution in [3.8, 4) is 0 Å². The monoisotopic (exact) mass is 292 g/mol. The van der Waals surface area contributed by atoms with Crippen LogP contribution in [0.1, 0.15) is 19.3 Å². The molecular weight excluding hydrogens is 272 g/mol. The standard InChI is InChI=1S/C14H20N4O3/c19-8-11-3-1-2-4-18(11)13-5-12(15-9-16-13)17-6-10(7-17)14(20)21/h5,9-11,19H,1-4,6-8H2,(H,20,21). The van der Waals surface area contributed by atoms with Crippen molar-refractivity contribution in [1.82, 2.24) is 9.97 Å². The maximum absolute atomic E-state index is 10.9. The smallest absolute Gasteiger partial charge is 0.310 e. The first kappa shape index (κ1) is 14.1. The van der Waals surface area contributed by atoms with Crippen LogP contribution in [0, 0.1) is 5.92 Å². The van der Waals surface area contributed by atoms with Crippen LogP contribution in [0.2, 0.25) is 0 Å². The Bertz CT molecular complexity index is 519. The van der Waals surface area contributed by atoms with Crippen molar-refractivity contribution in [2.45, 2.75) is 25.3 Å². The first-order valence-electron chi connectivity index (χ1n) is 7.36. The lowest BCUT2D eigenvalue weighted by Gasteiger charge is -2.39. The van der Waals surface area contributed by atoms with Crippen LogP contribution in [-0.4, -0.2) is 58.4 Å². The molecule has 0 radical (unpaired) electrons. The van der Waals surface area contributed by atoms with Crippen molar-refractivity contribution >= 4 is 17.6 Å².